The number of nitrogens with zero attached hydrogens (tertiary/aromatic N) is 2. The average molecular weight is 279 g/mol. The van der Waals surface area contributed by atoms with Crippen LogP contribution >= 0.6 is 11.8 Å². The van der Waals surface area contributed by atoms with Gasteiger partial charge in [-0.2, -0.15) is 16.9 Å². The molecule has 5 heteroatoms. The summed E-state index contributed by atoms with van der Waals surface area (Å²) in [6.07, 6.45) is 4.42. The van der Waals surface area contributed by atoms with Crippen LogP contribution in [0.3, 0.4) is 0 Å². The topological polar surface area (TPSA) is 49.0 Å². The van der Waals surface area contributed by atoms with Gasteiger partial charge < -0.3 is 4.90 Å². The van der Waals surface area contributed by atoms with Gasteiger partial charge in [-0.25, -0.2) is 0 Å². The minimum Gasteiger partial charge on any atom is -0.335 e. The second-order valence-corrected chi connectivity index (χ2v) is 7.59. The van der Waals surface area contributed by atoms with Crippen LogP contribution in [-0.4, -0.2) is 44.6 Å². The van der Waals surface area contributed by atoms with E-state index in [-0.39, 0.29) is 5.91 Å². The van der Waals surface area contributed by atoms with Gasteiger partial charge in [-0.05, 0) is 25.7 Å². The number of aryl methyl sites for hydroxylation is 1. The summed E-state index contributed by atoms with van der Waals surface area (Å²) in [6.45, 7) is 6.08. The summed E-state index contributed by atoms with van der Waals surface area (Å²) in [5.41, 5.74) is 3.04. The van der Waals surface area contributed by atoms with Crippen molar-refractivity contribution in [3.05, 3.63) is 17.0 Å². The molecule has 1 fully saturated rings. The average Bonchev–Trinajstić information content (AvgIpc) is 2.80. The van der Waals surface area contributed by atoms with E-state index in [9.17, 15) is 4.79 Å². The minimum absolute atomic E-state index is 0.124. The predicted octanol–water partition coefficient (Wildman–Crippen LogP) is 2.25. The molecule has 1 N–H and O–H groups in total. The number of nitrogens with one attached hydrogen (secondary N) is 1. The van der Waals surface area contributed by atoms with Gasteiger partial charge in [0.25, 0.3) is 5.91 Å². The fourth-order valence-corrected chi connectivity index (χ4v) is 4.48. The Kier molecular flexibility index (Phi) is 3.56. The van der Waals surface area contributed by atoms with Crippen molar-refractivity contribution in [1.82, 2.24) is 15.1 Å². The first kappa shape index (κ1) is 13.0. The number of hydrogen-bond acceptors (Lipinski definition) is 3. The highest BCUT2D eigenvalue weighted by Crippen LogP contribution is 2.28. The molecule has 0 aromatic carbocycles. The fourth-order valence-electron chi connectivity index (χ4n) is 3.15. The Bertz CT molecular complexity index is 475. The summed E-state index contributed by atoms with van der Waals surface area (Å²) in [6, 6.07) is 0. The summed E-state index contributed by atoms with van der Waals surface area (Å²) >= 11 is 1.97. The van der Waals surface area contributed by atoms with Crippen molar-refractivity contribution < 1.29 is 4.79 Å². The van der Waals surface area contributed by atoms with Crippen molar-refractivity contribution in [1.29, 1.82) is 0 Å². The summed E-state index contributed by atoms with van der Waals surface area (Å²) < 4.78 is 0. The highest BCUT2D eigenvalue weighted by atomic mass is 32.2. The molecule has 1 aliphatic heterocycles. The fraction of sp³-hybridized carbons (Fsp3) is 0.714. The van der Waals surface area contributed by atoms with E-state index in [0.717, 1.165) is 25.9 Å². The molecular weight excluding hydrogens is 258 g/mol. The normalized spacial score (nSPS) is 27.2. The molecule has 3 rings (SSSR count). The lowest BCUT2D eigenvalue weighted by Crippen LogP contribution is -2.44. The zero-order chi connectivity index (χ0) is 13.4. The summed E-state index contributed by atoms with van der Waals surface area (Å²) in [5.74, 6) is 0.124. The van der Waals surface area contributed by atoms with Gasteiger partial charge in [-0.15, -0.1) is 0 Å². The minimum atomic E-state index is 0.124. The molecule has 104 valence electrons. The Morgan fingerprint density at radius 1 is 1.26 bits per heavy atom. The van der Waals surface area contributed by atoms with Crippen LogP contribution in [0.5, 0.6) is 0 Å². The first-order valence-electron chi connectivity index (χ1n) is 7.16. The third-order valence-corrected chi connectivity index (χ3v) is 5.19. The second-order valence-electron chi connectivity index (χ2n) is 5.70. The molecule has 2 aliphatic rings. The van der Waals surface area contributed by atoms with Gasteiger partial charge in [0.05, 0.1) is 0 Å². The highest BCUT2D eigenvalue weighted by molar-refractivity contribution is 8.00. The van der Waals surface area contributed by atoms with Crippen LogP contribution in [0, 0.1) is 0 Å². The van der Waals surface area contributed by atoms with Crippen LogP contribution in [0.4, 0.5) is 0 Å². The Morgan fingerprint density at radius 3 is 2.68 bits per heavy atom. The van der Waals surface area contributed by atoms with Gasteiger partial charge in [0.2, 0.25) is 0 Å². The Hall–Kier alpha value is -0.970. The van der Waals surface area contributed by atoms with Gasteiger partial charge in [-0.3, -0.25) is 9.89 Å². The Morgan fingerprint density at radius 2 is 1.95 bits per heavy atom. The molecule has 2 unspecified atom stereocenters. The monoisotopic (exact) mass is 279 g/mol. The molecule has 1 aliphatic carbocycles. The van der Waals surface area contributed by atoms with Crippen LogP contribution in [0.25, 0.3) is 0 Å². The quantitative estimate of drug-likeness (QED) is 0.858. The van der Waals surface area contributed by atoms with Crippen LogP contribution < -0.4 is 0 Å². The number of rotatable bonds is 1. The van der Waals surface area contributed by atoms with Crippen molar-refractivity contribution in [2.24, 2.45) is 0 Å². The van der Waals surface area contributed by atoms with Crippen molar-refractivity contribution in [2.75, 3.05) is 13.1 Å². The number of aromatic nitrogens is 2. The highest BCUT2D eigenvalue weighted by Gasteiger charge is 2.30. The summed E-state index contributed by atoms with van der Waals surface area (Å²) in [5, 5.41) is 8.40. The van der Waals surface area contributed by atoms with E-state index in [4.69, 9.17) is 0 Å². The third-order valence-electron chi connectivity index (χ3n) is 3.97. The molecule has 0 bridgehead atoms. The number of hydrogen-bond donors (Lipinski definition) is 1. The van der Waals surface area contributed by atoms with Crippen molar-refractivity contribution in [3.8, 4) is 0 Å². The summed E-state index contributed by atoms with van der Waals surface area (Å²) in [7, 11) is 0. The van der Waals surface area contributed by atoms with Gasteiger partial charge in [0, 0.05) is 34.8 Å². The zero-order valence-corrected chi connectivity index (χ0v) is 12.4. The van der Waals surface area contributed by atoms with Crippen molar-refractivity contribution >= 4 is 17.7 Å². The number of carbonyl (C=O) groups excluding carboxylic acids is 1. The molecule has 2 heterocycles. The number of H-pyrrole nitrogens is 1. The molecule has 0 spiro atoms. The maximum Gasteiger partial charge on any atom is 0.274 e. The van der Waals surface area contributed by atoms with E-state index in [0.29, 0.717) is 16.2 Å². The van der Waals surface area contributed by atoms with Gasteiger partial charge in [0.15, 0.2) is 5.69 Å². The molecule has 1 saturated heterocycles. The first-order chi connectivity index (χ1) is 9.15. The van der Waals surface area contributed by atoms with Crippen LogP contribution in [0.1, 0.15) is 48.4 Å². The standard InChI is InChI=1S/C14H21N3OS/c1-9-7-17(8-10(2)19-9)14(18)13-11-5-3-4-6-12(11)15-16-13/h9-10H,3-8H2,1-2H3,(H,15,16). The lowest BCUT2D eigenvalue weighted by molar-refractivity contribution is 0.0746. The largest absolute Gasteiger partial charge is 0.335 e. The van der Waals surface area contributed by atoms with Crippen molar-refractivity contribution in [3.63, 3.8) is 0 Å². The SMILES string of the molecule is CC1CN(C(=O)c2n[nH]c3c2CCCC3)CC(C)S1. The molecule has 0 saturated carbocycles. The lowest BCUT2D eigenvalue weighted by Gasteiger charge is -2.34. The molecule has 1 aromatic rings. The van der Waals surface area contributed by atoms with E-state index < -0.39 is 0 Å². The van der Waals surface area contributed by atoms with E-state index in [1.54, 1.807) is 0 Å². The molecule has 1 aromatic heterocycles. The van der Waals surface area contributed by atoms with E-state index in [1.165, 1.54) is 24.1 Å². The number of thioether (sulfide) groups is 1. The lowest BCUT2D eigenvalue weighted by atomic mass is 9.95. The van der Waals surface area contributed by atoms with Crippen molar-refractivity contribution in [2.45, 2.75) is 50.0 Å². The maximum atomic E-state index is 12.7. The molecule has 19 heavy (non-hydrogen) atoms. The van der Waals surface area contributed by atoms with Gasteiger partial charge in [-0.1, -0.05) is 13.8 Å². The van der Waals surface area contributed by atoms with E-state index >= 15 is 0 Å². The number of fused-ring (bicyclic) bond motifs is 1. The van der Waals surface area contributed by atoms with Crippen LogP contribution in [-0.2, 0) is 12.8 Å². The van der Waals surface area contributed by atoms with Gasteiger partial charge in [0.1, 0.15) is 0 Å². The smallest absolute Gasteiger partial charge is 0.274 e. The van der Waals surface area contributed by atoms with Crippen LogP contribution in [0.2, 0.25) is 0 Å². The number of amides is 1. The maximum absolute atomic E-state index is 12.7. The molecule has 2 atom stereocenters. The van der Waals surface area contributed by atoms with Gasteiger partial charge >= 0.3 is 0 Å². The number of aromatic amines is 1. The molecule has 0 radical (unpaired) electrons. The molecule has 1 amide bonds. The van der Waals surface area contributed by atoms with E-state index in [1.807, 2.05) is 16.7 Å². The van der Waals surface area contributed by atoms with Crippen LogP contribution in [0.15, 0.2) is 0 Å². The van der Waals surface area contributed by atoms with E-state index in [2.05, 4.69) is 24.0 Å². The predicted molar refractivity (Wildman–Crippen MR) is 77.6 cm³/mol. The molecular formula is C14H21N3OS. The Balaban J connectivity index is 1.82. The first-order valence-corrected chi connectivity index (χ1v) is 8.10. The zero-order valence-electron chi connectivity index (χ0n) is 11.6. The number of carbonyl (C=O) groups is 1. The summed E-state index contributed by atoms with van der Waals surface area (Å²) in [4.78, 5) is 14.6. The molecule has 4 nitrogen and oxygen atoms in total. The Labute approximate surface area is 118 Å². The second kappa shape index (κ2) is 5.19. The third kappa shape index (κ3) is 2.53.